The van der Waals surface area contributed by atoms with E-state index in [-0.39, 0.29) is 6.04 Å². The maximum absolute atomic E-state index is 6.19. The first kappa shape index (κ1) is 15.7. The Balaban J connectivity index is 2.18. The van der Waals surface area contributed by atoms with Gasteiger partial charge < -0.3 is 10.1 Å². The third-order valence-electron chi connectivity index (χ3n) is 3.15. The van der Waals surface area contributed by atoms with E-state index < -0.39 is 0 Å². The van der Waals surface area contributed by atoms with Crippen LogP contribution in [0.1, 0.15) is 30.6 Å². The Hall–Kier alpha value is -1.72. The molecule has 6 heteroatoms. The Kier molecular flexibility index (Phi) is 5.90. The maximum Gasteiger partial charge on any atom is 0.233 e. The zero-order valence-electron chi connectivity index (χ0n) is 12.2. The monoisotopic (exact) mass is 306 g/mol. The Morgan fingerprint density at radius 1 is 1.29 bits per heavy atom. The molecule has 112 valence electrons. The van der Waals surface area contributed by atoms with Crippen LogP contribution < -0.4 is 10.1 Å². The van der Waals surface area contributed by atoms with Crippen LogP contribution in [-0.4, -0.2) is 28.8 Å². The molecule has 21 heavy (non-hydrogen) atoms. The number of hydrogen-bond donors (Lipinski definition) is 1. The van der Waals surface area contributed by atoms with E-state index in [0.29, 0.717) is 10.9 Å². The normalized spacial score (nSPS) is 12.1. The predicted octanol–water partition coefficient (Wildman–Crippen LogP) is 2.82. The van der Waals surface area contributed by atoms with Crippen LogP contribution >= 0.6 is 11.6 Å². The lowest BCUT2D eigenvalue weighted by Gasteiger charge is -2.18. The van der Waals surface area contributed by atoms with Crippen LogP contribution in [0.15, 0.2) is 30.6 Å². The SMILES string of the molecule is CCCNC(Cc1ccncc1Cl)c1ccc(OC)nn1. The van der Waals surface area contributed by atoms with E-state index in [9.17, 15) is 0 Å². The number of pyridine rings is 1. The summed E-state index contributed by atoms with van der Waals surface area (Å²) < 4.78 is 5.04. The Bertz CT molecular complexity index is 562. The molecule has 2 rings (SSSR count). The lowest BCUT2D eigenvalue weighted by atomic mass is 10.0. The van der Waals surface area contributed by atoms with Gasteiger partial charge in [-0.25, -0.2) is 0 Å². The molecule has 1 atom stereocenters. The van der Waals surface area contributed by atoms with Crippen LogP contribution in [0.5, 0.6) is 5.88 Å². The summed E-state index contributed by atoms with van der Waals surface area (Å²) in [5.74, 6) is 0.509. The van der Waals surface area contributed by atoms with Gasteiger partial charge in [0, 0.05) is 18.5 Å². The molecule has 0 aromatic carbocycles. The van der Waals surface area contributed by atoms with Crippen LogP contribution in [0, 0.1) is 0 Å². The van der Waals surface area contributed by atoms with Gasteiger partial charge in [0.2, 0.25) is 5.88 Å². The number of rotatable bonds is 7. The fourth-order valence-corrected chi connectivity index (χ4v) is 2.21. The molecular formula is C15H19ClN4O. The molecule has 2 aromatic rings. The van der Waals surface area contributed by atoms with Gasteiger partial charge in [0.1, 0.15) is 0 Å². The van der Waals surface area contributed by atoms with Gasteiger partial charge in [-0.3, -0.25) is 4.98 Å². The highest BCUT2D eigenvalue weighted by atomic mass is 35.5. The molecule has 1 N–H and O–H groups in total. The number of halogens is 1. The lowest BCUT2D eigenvalue weighted by Crippen LogP contribution is -2.25. The minimum absolute atomic E-state index is 0.0586. The summed E-state index contributed by atoms with van der Waals surface area (Å²) in [4.78, 5) is 4.01. The molecule has 0 amide bonds. The van der Waals surface area contributed by atoms with Gasteiger partial charge in [-0.1, -0.05) is 18.5 Å². The third kappa shape index (κ3) is 4.37. The summed E-state index contributed by atoms with van der Waals surface area (Å²) in [5, 5.41) is 12.4. The molecular weight excluding hydrogens is 288 g/mol. The molecule has 2 aromatic heterocycles. The summed E-state index contributed by atoms with van der Waals surface area (Å²) in [6.07, 6.45) is 5.19. The van der Waals surface area contributed by atoms with Gasteiger partial charge in [-0.15, -0.1) is 5.10 Å². The van der Waals surface area contributed by atoms with Crippen LogP contribution in [0.25, 0.3) is 0 Å². The second kappa shape index (κ2) is 7.90. The summed E-state index contributed by atoms with van der Waals surface area (Å²) in [6.45, 7) is 3.03. The first-order valence-electron chi connectivity index (χ1n) is 6.94. The highest BCUT2D eigenvalue weighted by Gasteiger charge is 2.15. The van der Waals surface area contributed by atoms with E-state index in [0.717, 1.165) is 30.6 Å². The molecule has 0 aliphatic carbocycles. The van der Waals surface area contributed by atoms with Crippen molar-refractivity contribution in [3.05, 3.63) is 46.9 Å². The van der Waals surface area contributed by atoms with Gasteiger partial charge in [0.05, 0.1) is 23.9 Å². The predicted molar refractivity (Wildman–Crippen MR) is 82.6 cm³/mol. The van der Waals surface area contributed by atoms with Crippen molar-refractivity contribution in [2.24, 2.45) is 0 Å². The summed E-state index contributed by atoms with van der Waals surface area (Å²) in [5.41, 5.74) is 1.91. The summed E-state index contributed by atoms with van der Waals surface area (Å²) in [6, 6.07) is 5.73. The molecule has 0 saturated carbocycles. The smallest absolute Gasteiger partial charge is 0.233 e. The Labute approximate surface area is 129 Å². The number of ether oxygens (including phenoxy) is 1. The number of methoxy groups -OCH3 is 1. The Morgan fingerprint density at radius 3 is 2.76 bits per heavy atom. The molecule has 0 fully saturated rings. The zero-order chi connectivity index (χ0) is 15.1. The first-order valence-corrected chi connectivity index (χ1v) is 7.31. The van der Waals surface area contributed by atoms with E-state index in [1.165, 1.54) is 0 Å². The number of hydrogen-bond acceptors (Lipinski definition) is 5. The molecule has 5 nitrogen and oxygen atoms in total. The molecule has 0 spiro atoms. The van der Waals surface area contributed by atoms with E-state index >= 15 is 0 Å². The largest absolute Gasteiger partial charge is 0.480 e. The van der Waals surface area contributed by atoms with Gasteiger partial charge in [0.25, 0.3) is 0 Å². The van der Waals surface area contributed by atoms with Crippen LogP contribution in [0.2, 0.25) is 5.02 Å². The first-order chi connectivity index (χ1) is 10.2. The standard InChI is InChI=1S/C15H19ClN4O/c1-3-7-18-14(9-11-6-8-17-10-12(11)16)13-4-5-15(21-2)20-19-13/h4-6,8,10,14,18H,3,7,9H2,1-2H3. The number of aromatic nitrogens is 3. The van der Waals surface area contributed by atoms with Crippen molar-refractivity contribution in [1.29, 1.82) is 0 Å². The van der Waals surface area contributed by atoms with Crippen molar-refractivity contribution in [2.75, 3.05) is 13.7 Å². The quantitative estimate of drug-likeness (QED) is 0.852. The summed E-state index contributed by atoms with van der Waals surface area (Å²) >= 11 is 6.19. The van der Waals surface area contributed by atoms with Crippen molar-refractivity contribution in [3.8, 4) is 5.88 Å². The average Bonchev–Trinajstić information content (AvgIpc) is 2.53. The van der Waals surface area contributed by atoms with E-state index in [1.54, 1.807) is 19.5 Å². The van der Waals surface area contributed by atoms with E-state index in [2.05, 4.69) is 27.4 Å². The van der Waals surface area contributed by atoms with Crippen LogP contribution in [-0.2, 0) is 6.42 Å². The maximum atomic E-state index is 6.19. The zero-order valence-corrected chi connectivity index (χ0v) is 13.0. The van der Waals surface area contributed by atoms with Crippen LogP contribution in [0.3, 0.4) is 0 Å². The minimum atomic E-state index is 0.0586. The third-order valence-corrected chi connectivity index (χ3v) is 3.49. The van der Waals surface area contributed by atoms with Crippen molar-refractivity contribution in [3.63, 3.8) is 0 Å². The second-order valence-electron chi connectivity index (χ2n) is 4.68. The highest BCUT2D eigenvalue weighted by molar-refractivity contribution is 6.31. The highest BCUT2D eigenvalue weighted by Crippen LogP contribution is 2.22. The number of nitrogens with one attached hydrogen (secondary N) is 1. The molecule has 0 bridgehead atoms. The topological polar surface area (TPSA) is 59.9 Å². The van der Waals surface area contributed by atoms with E-state index in [4.69, 9.17) is 16.3 Å². The number of nitrogens with zero attached hydrogens (tertiary/aromatic N) is 3. The fraction of sp³-hybridized carbons (Fsp3) is 0.400. The lowest BCUT2D eigenvalue weighted by molar-refractivity contribution is 0.389. The van der Waals surface area contributed by atoms with Gasteiger partial charge in [-0.05, 0) is 37.1 Å². The van der Waals surface area contributed by atoms with Crippen molar-refractivity contribution in [2.45, 2.75) is 25.8 Å². The van der Waals surface area contributed by atoms with Gasteiger partial charge in [-0.2, -0.15) is 5.10 Å². The average molecular weight is 307 g/mol. The summed E-state index contributed by atoms with van der Waals surface area (Å²) in [7, 11) is 1.58. The van der Waals surface area contributed by atoms with Gasteiger partial charge >= 0.3 is 0 Å². The van der Waals surface area contributed by atoms with E-state index in [1.807, 2.05) is 18.2 Å². The van der Waals surface area contributed by atoms with Gasteiger partial charge in [0.15, 0.2) is 0 Å². The van der Waals surface area contributed by atoms with Crippen LogP contribution in [0.4, 0.5) is 0 Å². The molecule has 2 heterocycles. The minimum Gasteiger partial charge on any atom is -0.480 e. The Morgan fingerprint density at radius 2 is 2.14 bits per heavy atom. The molecule has 0 aliphatic rings. The van der Waals surface area contributed by atoms with Crippen molar-refractivity contribution >= 4 is 11.6 Å². The second-order valence-corrected chi connectivity index (χ2v) is 5.09. The molecule has 1 unspecified atom stereocenters. The molecule has 0 radical (unpaired) electrons. The van der Waals surface area contributed by atoms with Crippen molar-refractivity contribution < 1.29 is 4.74 Å². The fourth-order valence-electron chi connectivity index (χ4n) is 2.01. The van der Waals surface area contributed by atoms with Crippen molar-refractivity contribution in [1.82, 2.24) is 20.5 Å². The molecule has 0 aliphatic heterocycles. The molecule has 0 saturated heterocycles.